The molecule has 0 aliphatic rings. The van der Waals surface area contributed by atoms with Crippen LogP contribution in [0.25, 0.3) is 0 Å². The second-order valence-corrected chi connectivity index (χ2v) is 5.12. The zero-order chi connectivity index (χ0) is 14.3. The molecule has 8 heteroatoms. The first-order chi connectivity index (χ1) is 9.02. The second kappa shape index (κ2) is 8.14. The highest BCUT2D eigenvalue weighted by Crippen LogP contribution is 2.29. The molecule has 0 aromatic heterocycles. The first-order valence-corrected chi connectivity index (χ1v) is 7.06. The second-order valence-electron chi connectivity index (χ2n) is 3.26. The van der Waals surface area contributed by atoms with Crippen LogP contribution in [0.15, 0.2) is 23.1 Å². The molecular formula is C11H12Cl2N2O3S. The molecule has 19 heavy (non-hydrogen) atoms. The molecule has 104 valence electrons. The molecule has 2 amide bonds. The van der Waals surface area contributed by atoms with Crippen molar-refractivity contribution in [3.63, 3.8) is 0 Å². The van der Waals surface area contributed by atoms with Crippen LogP contribution < -0.4 is 10.9 Å². The minimum absolute atomic E-state index is 0.0897. The monoisotopic (exact) mass is 322 g/mol. The normalized spacial score (nSPS) is 9.84. The van der Waals surface area contributed by atoms with Crippen molar-refractivity contribution in [3.8, 4) is 0 Å². The van der Waals surface area contributed by atoms with Crippen LogP contribution in [0.5, 0.6) is 0 Å². The van der Waals surface area contributed by atoms with Crippen LogP contribution >= 0.6 is 35.0 Å². The highest BCUT2D eigenvalue weighted by Gasteiger charge is 2.08. The minimum atomic E-state index is -0.707. The molecule has 1 rings (SSSR count). The zero-order valence-corrected chi connectivity index (χ0v) is 12.4. The third-order valence-electron chi connectivity index (χ3n) is 1.83. The molecule has 2 N–H and O–H groups in total. The van der Waals surface area contributed by atoms with Crippen molar-refractivity contribution in [2.75, 3.05) is 12.4 Å². The lowest BCUT2D eigenvalue weighted by Gasteiger charge is -2.07. The molecule has 0 bridgehead atoms. The fraction of sp³-hybridized carbons (Fsp3) is 0.273. The molecular weight excluding hydrogens is 311 g/mol. The molecule has 0 radical (unpaired) electrons. The smallest absolute Gasteiger partial charge is 0.426 e. The Bertz CT molecular complexity index is 471. The number of carbonyl (C=O) groups excluding carboxylic acids is 2. The van der Waals surface area contributed by atoms with Crippen LogP contribution in [-0.2, 0) is 9.53 Å². The standard InChI is InChI=1S/C11H12Cl2N2O3S/c1-2-18-11(17)15-14-10(16)6-19-9-5-7(12)3-4-8(9)13/h3-5H,2,6H2,1H3,(H,14,16)(H,15,17). The van der Waals surface area contributed by atoms with E-state index < -0.39 is 6.09 Å². The predicted molar refractivity (Wildman–Crippen MR) is 75.5 cm³/mol. The van der Waals surface area contributed by atoms with Gasteiger partial charge in [0.2, 0.25) is 5.91 Å². The van der Waals surface area contributed by atoms with E-state index >= 15 is 0 Å². The van der Waals surface area contributed by atoms with Crippen molar-refractivity contribution < 1.29 is 14.3 Å². The first-order valence-electron chi connectivity index (χ1n) is 5.32. The average molecular weight is 323 g/mol. The Kier molecular flexibility index (Phi) is 6.83. The van der Waals surface area contributed by atoms with Crippen molar-refractivity contribution in [3.05, 3.63) is 28.2 Å². The van der Waals surface area contributed by atoms with Gasteiger partial charge in [-0.3, -0.25) is 10.2 Å². The summed E-state index contributed by atoms with van der Waals surface area (Å²) in [7, 11) is 0. The van der Waals surface area contributed by atoms with Crippen molar-refractivity contribution in [2.45, 2.75) is 11.8 Å². The van der Waals surface area contributed by atoms with E-state index in [1.165, 1.54) is 11.8 Å². The number of hydrogen-bond acceptors (Lipinski definition) is 4. The molecule has 0 heterocycles. The number of nitrogens with one attached hydrogen (secondary N) is 2. The lowest BCUT2D eigenvalue weighted by Crippen LogP contribution is -2.42. The van der Waals surface area contributed by atoms with Crippen LogP contribution in [-0.4, -0.2) is 24.4 Å². The molecule has 0 spiro atoms. The highest BCUT2D eigenvalue weighted by molar-refractivity contribution is 8.00. The van der Waals surface area contributed by atoms with Gasteiger partial charge in [-0.1, -0.05) is 23.2 Å². The van der Waals surface area contributed by atoms with E-state index in [1.807, 2.05) is 0 Å². The fourth-order valence-corrected chi connectivity index (χ4v) is 2.35. The highest BCUT2D eigenvalue weighted by atomic mass is 35.5. The predicted octanol–water partition coefficient (Wildman–Crippen LogP) is 2.86. The van der Waals surface area contributed by atoms with Gasteiger partial charge in [-0.05, 0) is 25.1 Å². The fourth-order valence-electron chi connectivity index (χ4n) is 1.06. The summed E-state index contributed by atoms with van der Waals surface area (Å²) in [5.74, 6) is -0.291. The quantitative estimate of drug-likeness (QED) is 0.660. The van der Waals surface area contributed by atoms with Gasteiger partial charge in [-0.2, -0.15) is 0 Å². The van der Waals surface area contributed by atoms with Gasteiger partial charge in [0.05, 0.1) is 17.4 Å². The maximum atomic E-state index is 11.4. The number of carbonyl (C=O) groups is 2. The summed E-state index contributed by atoms with van der Waals surface area (Å²) in [6, 6.07) is 4.98. The Hall–Kier alpha value is -1.11. The summed E-state index contributed by atoms with van der Waals surface area (Å²) in [4.78, 5) is 23.1. The first kappa shape index (κ1) is 15.9. The van der Waals surface area contributed by atoms with E-state index in [9.17, 15) is 9.59 Å². The largest absolute Gasteiger partial charge is 0.449 e. The van der Waals surface area contributed by atoms with Gasteiger partial charge in [-0.25, -0.2) is 10.2 Å². The molecule has 0 atom stereocenters. The molecule has 0 unspecified atom stereocenters. The number of benzene rings is 1. The lowest BCUT2D eigenvalue weighted by atomic mass is 10.4. The SMILES string of the molecule is CCOC(=O)NNC(=O)CSc1cc(Cl)ccc1Cl. The number of halogens is 2. The molecule has 0 aliphatic heterocycles. The van der Waals surface area contributed by atoms with Crippen LogP contribution in [0.2, 0.25) is 10.0 Å². The summed E-state index contributed by atoms with van der Waals surface area (Å²) in [6.07, 6.45) is -0.707. The van der Waals surface area contributed by atoms with Gasteiger partial charge in [0.1, 0.15) is 0 Å². The van der Waals surface area contributed by atoms with Crippen molar-refractivity contribution in [2.24, 2.45) is 0 Å². The molecule has 5 nitrogen and oxygen atoms in total. The van der Waals surface area contributed by atoms with Gasteiger partial charge >= 0.3 is 6.09 Å². The summed E-state index contributed by atoms with van der Waals surface area (Å²) in [6.45, 7) is 1.90. The Balaban J connectivity index is 2.38. The Morgan fingerprint density at radius 2 is 2.05 bits per heavy atom. The van der Waals surface area contributed by atoms with Gasteiger partial charge in [-0.15, -0.1) is 11.8 Å². The number of hydrazine groups is 1. The van der Waals surface area contributed by atoms with E-state index in [-0.39, 0.29) is 18.3 Å². The van der Waals surface area contributed by atoms with E-state index in [4.69, 9.17) is 23.2 Å². The Morgan fingerprint density at radius 3 is 2.74 bits per heavy atom. The van der Waals surface area contributed by atoms with Crippen molar-refractivity contribution >= 4 is 47.0 Å². The lowest BCUT2D eigenvalue weighted by molar-refractivity contribution is -0.119. The number of thioether (sulfide) groups is 1. The number of hydrogen-bond donors (Lipinski definition) is 2. The molecule has 0 fully saturated rings. The van der Waals surface area contributed by atoms with Gasteiger partial charge in [0.15, 0.2) is 0 Å². The zero-order valence-electron chi connectivity index (χ0n) is 10.0. The van der Waals surface area contributed by atoms with E-state index in [2.05, 4.69) is 15.6 Å². The Labute approximate surface area is 124 Å². The summed E-state index contributed by atoms with van der Waals surface area (Å²) < 4.78 is 4.58. The molecule has 1 aromatic carbocycles. The van der Waals surface area contributed by atoms with E-state index in [0.717, 1.165) is 0 Å². The Morgan fingerprint density at radius 1 is 1.32 bits per heavy atom. The molecule has 0 aliphatic carbocycles. The molecule has 1 aromatic rings. The molecule has 0 saturated heterocycles. The van der Waals surface area contributed by atoms with Gasteiger partial charge in [0, 0.05) is 9.92 Å². The minimum Gasteiger partial charge on any atom is -0.449 e. The number of amides is 2. The van der Waals surface area contributed by atoms with Crippen LogP contribution in [0.1, 0.15) is 6.92 Å². The van der Waals surface area contributed by atoms with Crippen LogP contribution in [0.3, 0.4) is 0 Å². The van der Waals surface area contributed by atoms with Crippen LogP contribution in [0, 0.1) is 0 Å². The maximum absolute atomic E-state index is 11.4. The average Bonchev–Trinajstić information content (AvgIpc) is 2.38. The number of rotatable bonds is 4. The molecule has 0 saturated carbocycles. The van der Waals surface area contributed by atoms with Crippen molar-refractivity contribution in [1.82, 2.24) is 10.9 Å². The van der Waals surface area contributed by atoms with Gasteiger partial charge < -0.3 is 4.74 Å². The van der Waals surface area contributed by atoms with Crippen molar-refractivity contribution in [1.29, 1.82) is 0 Å². The third-order valence-corrected chi connectivity index (χ3v) is 3.56. The summed E-state index contributed by atoms with van der Waals surface area (Å²) in [5, 5.41) is 1.05. The summed E-state index contributed by atoms with van der Waals surface area (Å²) in [5.41, 5.74) is 4.32. The van der Waals surface area contributed by atoms with Crippen LogP contribution in [0.4, 0.5) is 4.79 Å². The third kappa shape index (κ3) is 6.04. The van der Waals surface area contributed by atoms with Gasteiger partial charge in [0.25, 0.3) is 0 Å². The maximum Gasteiger partial charge on any atom is 0.426 e. The van der Waals surface area contributed by atoms with E-state index in [1.54, 1.807) is 25.1 Å². The van der Waals surface area contributed by atoms with E-state index in [0.29, 0.717) is 14.9 Å². The summed E-state index contributed by atoms with van der Waals surface area (Å²) >= 11 is 13.0. The number of ether oxygens (including phenoxy) is 1. The topological polar surface area (TPSA) is 67.4 Å².